The van der Waals surface area contributed by atoms with Gasteiger partial charge in [0.1, 0.15) is 12.4 Å². The van der Waals surface area contributed by atoms with Crippen molar-refractivity contribution in [2.24, 2.45) is 10.9 Å². The van der Waals surface area contributed by atoms with E-state index in [0.717, 1.165) is 62.6 Å². The highest BCUT2D eigenvalue weighted by Crippen LogP contribution is 2.17. The van der Waals surface area contributed by atoms with Crippen LogP contribution in [0, 0.1) is 5.92 Å². The molecule has 0 unspecified atom stereocenters. The quantitative estimate of drug-likeness (QED) is 0.280. The summed E-state index contributed by atoms with van der Waals surface area (Å²) in [6, 6.07) is 7.46. The van der Waals surface area contributed by atoms with Gasteiger partial charge in [-0.2, -0.15) is 0 Å². The third-order valence-electron chi connectivity index (χ3n) is 5.02. The monoisotopic (exact) mass is 538 g/mol. The third kappa shape index (κ3) is 10.2. The zero-order chi connectivity index (χ0) is 20.2. The van der Waals surface area contributed by atoms with Crippen molar-refractivity contribution in [3.63, 3.8) is 0 Å². The molecule has 0 atom stereocenters. The number of ether oxygens (including phenoxy) is 2. The zero-order valence-corrected chi connectivity index (χ0v) is 21.0. The number of rotatable bonds is 10. The number of likely N-dealkylation sites (N-methyl/N-ethyl adjacent to an activating group) is 1. The molecule has 1 N–H and O–H groups in total. The van der Waals surface area contributed by atoms with Gasteiger partial charge in [-0.05, 0) is 63.0 Å². The minimum absolute atomic E-state index is 0. The van der Waals surface area contributed by atoms with E-state index in [1.54, 1.807) is 7.11 Å². The van der Waals surface area contributed by atoms with Crippen LogP contribution in [-0.2, 0) is 4.74 Å². The zero-order valence-electron chi connectivity index (χ0n) is 17.9. The number of piperidine rings is 1. The van der Waals surface area contributed by atoms with E-state index in [-0.39, 0.29) is 24.0 Å². The standard InChI is InChI=1S/C21H35ClN4O2.HI/c1-4-23-21(24-17-18-9-11-26(12-10-18)14-15-27-3)25(2)13-16-28-20-7-5-19(22)6-8-20;/h5-8,18H,4,9-17H2,1-3H3,(H,23,24);1H. The number of hydrogen-bond acceptors (Lipinski definition) is 4. The first-order valence-electron chi connectivity index (χ1n) is 10.2. The Morgan fingerprint density at radius 1 is 1.24 bits per heavy atom. The summed E-state index contributed by atoms with van der Waals surface area (Å²) in [5.74, 6) is 2.44. The molecule has 2 rings (SSSR count). The highest BCUT2D eigenvalue weighted by molar-refractivity contribution is 14.0. The first-order chi connectivity index (χ1) is 13.6. The normalized spacial score (nSPS) is 15.7. The van der Waals surface area contributed by atoms with Crippen molar-refractivity contribution in [1.29, 1.82) is 0 Å². The van der Waals surface area contributed by atoms with Crippen molar-refractivity contribution in [3.8, 4) is 5.75 Å². The van der Waals surface area contributed by atoms with Gasteiger partial charge < -0.3 is 24.6 Å². The molecular formula is C21H36ClIN4O2. The van der Waals surface area contributed by atoms with Crippen molar-refractivity contribution in [2.75, 3.05) is 66.6 Å². The average molecular weight is 539 g/mol. The lowest BCUT2D eigenvalue weighted by Crippen LogP contribution is -2.41. The maximum absolute atomic E-state index is 5.91. The Labute approximate surface area is 198 Å². The topological polar surface area (TPSA) is 49.3 Å². The van der Waals surface area contributed by atoms with Gasteiger partial charge in [0.2, 0.25) is 0 Å². The molecule has 6 nitrogen and oxygen atoms in total. The summed E-state index contributed by atoms with van der Waals surface area (Å²) in [5, 5.41) is 4.11. The van der Waals surface area contributed by atoms with Gasteiger partial charge >= 0.3 is 0 Å². The predicted molar refractivity (Wildman–Crippen MR) is 132 cm³/mol. The lowest BCUT2D eigenvalue weighted by Gasteiger charge is -2.31. The molecule has 1 aliphatic heterocycles. The van der Waals surface area contributed by atoms with Crippen LogP contribution in [0.25, 0.3) is 0 Å². The Kier molecular flexibility index (Phi) is 13.7. The SMILES string of the molecule is CCNC(=NCC1CCN(CCOC)CC1)N(C)CCOc1ccc(Cl)cc1.I. The molecule has 1 saturated heterocycles. The molecule has 0 aromatic heterocycles. The van der Waals surface area contributed by atoms with Crippen LogP contribution in [0.15, 0.2) is 29.3 Å². The van der Waals surface area contributed by atoms with Crippen molar-refractivity contribution >= 4 is 41.5 Å². The van der Waals surface area contributed by atoms with Crippen molar-refractivity contribution in [2.45, 2.75) is 19.8 Å². The van der Waals surface area contributed by atoms with Gasteiger partial charge in [0.15, 0.2) is 5.96 Å². The number of hydrogen-bond donors (Lipinski definition) is 1. The van der Waals surface area contributed by atoms with Gasteiger partial charge in [-0.15, -0.1) is 24.0 Å². The highest BCUT2D eigenvalue weighted by Gasteiger charge is 2.19. The van der Waals surface area contributed by atoms with Crippen LogP contribution in [-0.4, -0.2) is 82.4 Å². The molecule has 0 aliphatic carbocycles. The van der Waals surface area contributed by atoms with Gasteiger partial charge in [0.05, 0.1) is 13.2 Å². The van der Waals surface area contributed by atoms with Crippen molar-refractivity contribution in [1.82, 2.24) is 15.1 Å². The van der Waals surface area contributed by atoms with Crippen LogP contribution < -0.4 is 10.1 Å². The molecule has 29 heavy (non-hydrogen) atoms. The summed E-state index contributed by atoms with van der Waals surface area (Å²) in [6.07, 6.45) is 2.41. The van der Waals surface area contributed by atoms with Crippen LogP contribution >= 0.6 is 35.6 Å². The van der Waals surface area contributed by atoms with E-state index < -0.39 is 0 Å². The first-order valence-corrected chi connectivity index (χ1v) is 10.6. The van der Waals surface area contributed by atoms with E-state index in [0.29, 0.717) is 12.5 Å². The Balaban J connectivity index is 0.00000420. The van der Waals surface area contributed by atoms with Crippen LogP contribution in [0.2, 0.25) is 5.02 Å². The molecule has 1 aliphatic rings. The molecule has 0 spiro atoms. The summed E-state index contributed by atoms with van der Waals surface area (Å²) < 4.78 is 11.0. The maximum Gasteiger partial charge on any atom is 0.193 e. The Morgan fingerprint density at radius 3 is 2.55 bits per heavy atom. The van der Waals surface area contributed by atoms with Crippen LogP contribution in [0.5, 0.6) is 5.75 Å². The molecular weight excluding hydrogens is 503 g/mol. The van der Waals surface area contributed by atoms with Gasteiger partial charge in [-0.1, -0.05) is 11.6 Å². The van der Waals surface area contributed by atoms with Crippen LogP contribution in [0.3, 0.4) is 0 Å². The summed E-state index contributed by atoms with van der Waals surface area (Å²) in [5.41, 5.74) is 0. The molecule has 0 bridgehead atoms. The summed E-state index contributed by atoms with van der Waals surface area (Å²) in [4.78, 5) is 9.49. The molecule has 0 saturated carbocycles. The number of guanidine groups is 1. The van der Waals surface area contributed by atoms with E-state index in [9.17, 15) is 0 Å². The van der Waals surface area contributed by atoms with Crippen LogP contribution in [0.4, 0.5) is 0 Å². The number of aliphatic imine (C=N–C) groups is 1. The molecule has 8 heteroatoms. The average Bonchev–Trinajstić information content (AvgIpc) is 2.71. The second-order valence-electron chi connectivity index (χ2n) is 7.20. The fraction of sp³-hybridized carbons (Fsp3) is 0.667. The van der Waals surface area contributed by atoms with Gasteiger partial charge in [0.25, 0.3) is 0 Å². The van der Waals surface area contributed by atoms with Gasteiger partial charge in [-0.25, -0.2) is 0 Å². The fourth-order valence-corrected chi connectivity index (χ4v) is 3.36. The van der Waals surface area contributed by atoms with E-state index in [2.05, 4.69) is 29.1 Å². The molecule has 0 amide bonds. The van der Waals surface area contributed by atoms with Gasteiger partial charge in [0, 0.05) is 38.8 Å². The molecule has 1 aromatic carbocycles. The number of benzene rings is 1. The Hall–Kier alpha value is -0.770. The summed E-state index contributed by atoms with van der Waals surface area (Å²) in [7, 11) is 3.82. The van der Waals surface area contributed by atoms with Crippen molar-refractivity contribution < 1.29 is 9.47 Å². The van der Waals surface area contributed by atoms with Gasteiger partial charge in [-0.3, -0.25) is 4.99 Å². The molecule has 1 aromatic rings. The third-order valence-corrected chi connectivity index (χ3v) is 5.28. The first kappa shape index (κ1) is 26.3. The highest BCUT2D eigenvalue weighted by atomic mass is 127. The second kappa shape index (κ2) is 15.1. The van der Waals surface area contributed by atoms with E-state index in [1.165, 1.54) is 12.8 Å². The fourth-order valence-electron chi connectivity index (χ4n) is 3.24. The summed E-state index contributed by atoms with van der Waals surface area (Å²) in [6.45, 7) is 9.34. The minimum Gasteiger partial charge on any atom is -0.492 e. The van der Waals surface area contributed by atoms with E-state index in [1.807, 2.05) is 24.3 Å². The second-order valence-corrected chi connectivity index (χ2v) is 7.63. The Morgan fingerprint density at radius 2 is 1.93 bits per heavy atom. The number of methoxy groups -OCH3 is 1. The lowest BCUT2D eigenvalue weighted by atomic mass is 9.97. The molecule has 1 fully saturated rings. The minimum atomic E-state index is 0. The number of nitrogens with one attached hydrogen (secondary N) is 1. The number of nitrogens with zero attached hydrogens (tertiary/aromatic N) is 3. The van der Waals surface area contributed by atoms with E-state index in [4.69, 9.17) is 26.1 Å². The smallest absolute Gasteiger partial charge is 0.193 e. The lowest BCUT2D eigenvalue weighted by molar-refractivity contribution is 0.121. The largest absolute Gasteiger partial charge is 0.492 e. The molecule has 166 valence electrons. The molecule has 1 heterocycles. The Bertz CT molecular complexity index is 581. The number of halogens is 2. The van der Waals surface area contributed by atoms with Crippen LogP contribution in [0.1, 0.15) is 19.8 Å². The molecule has 0 radical (unpaired) electrons. The number of likely N-dealkylation sites (tertiary alicyclic amines) is 1. The predicted octanol–water partition coefficient (Wildman–Crippen LogP) is 3.59. The van der Waals surface area contributed by atoms with E-state index >= 15 is 0 Å². The maximum atomic E-state index is 5.91. The van der Waals surface area contributed by atoms with Crippen molar-refractivity contribution in [3.05, 3.63) is 29.3 Å². The summed E-state index contributed by atoms with van der Waals surface area (Å²) >= 11 is 5.91.